The maximum Gasteiger partial charge on any atom is 0.159 e. The molecule has 0 heterocycles. The van der Waals surface area contributed by atoms with Gasteiger partial charge in [0.1, 0.15) is 0 Å². The monoisotopic (exact) mass is 280 g/mol. The van der Waals surface area contributed by atoms with Crippen molar-refractivity contribution in [2.75, 3.05) is 5.88 Å². The number of benzene rings is 2. The average molecular weight is 281 g/mol. The number of rotatable bonds is 4. The Morgan fingerprint density at radius 1 is 1.05 bits per heavy atom. The van der Waals surface area contributed by atoms with Gasteiger partial charge in [-0.25, -0.2) is 8.78 Å². The molecule has 0 N–H and O–H groups in total. The van der Waals surface area contributed by atoms with E-state index >= 15 is 0 Å². The van der Waals surface area contributed by atoms with Crippen LogP contribution in [-0.4, -0.2) is 5.88 Å². The first-order chi connectivity index (χ1) is 9.11. The van der Waals surface area contributed by atoms with Crippen LogP contribution < -0.4 is 0 Å². The van der Waals surface area contributed by atoms with Crippen molar-refractivity contribution in [2.24, 2.45) is 0 Å². The van der Waals surface area contributed by atoms with E-state index in [1.165, 1.54) is 6.07 Å². The molecule has 3 heteroatoms. The summed E-state index contributed by atoms with van der Waals surface area (Å²) in [5.74, 6) is -1.07. The van der Waals surface area contributed by atoms with E-state index in [9.17, 15) is 8.78 Å². The summed E-state index contributed by atoms with van der Waals surface area (Å²) in [6.07, 6.45) is 0.603. The smallest absolute Gasteiger partial charge is 0.159 e. The van der Waals surface area contributed by atoms with Gasteiger partial charge in [-0.3, -0.25) is 0 Å². The van der Waals surface area contributed by atoms with Gasteiger partial charge < -0.3 is 0 Å². The standard InChI is InChI=1S/C16H15ClF2/c1-11-4-2-3-5-14(11)13(10-17)8-12-6-7-15(18)16(19)9-12/h2-7,9,13H,8,10H2,1H3. The normalized spacial score (nSPS) is 12.4. The molecule has 100 valence electrons. The first-order valence-electron chi connectivity index (χ1n) is 6.17. The number of alkyl halides is 1. The van der Waals surface area contributed by atoms with Crippen LogP contribution in [0.25, 0.3) is 0 Å². The number of hydrogen-bond acceptors (Lipinski definition) is 0. The zero-order valence-electron chi connectivity index (χ0n) is 10.7. The molecule has 0 spiro atoms. The summed E-state index contributed by atoms with van der Waals surface area (Å²) in [6, 6.07) is 12.0. The minimum atomic E-state index is -0.818. The van der Waals surface area contributed by atoms with Gasteiger partial charge in [-0.05, 0) is 42.2 Å². The molecule has 0 aromatic heterocycles. The molecule has 0 aliphatic heterocycles. The summed E-state index contributed by atoms with van der Waals surface area (Å²) < 4.78 is 26.1. The summed E-state index contributed by atoms with van der Waals surface area (Å²) in [4.78, 5) is 0. The predicted molar refractivity (Wildman–Crippen MR) is 74.7 cm³/mol. The second-order valence-corrected chi connectivity index (χ2v) is 4.97. The molecule has 1 atom stereocenters. The highest BCUT2D eigenvalue weighted by molar-refractivity contribution is 6.18. The van der Waals surface area contributed by atoms with E-state index in [0.717, 1.165) is 22.8 Å². The molecule has 0 aliphatic carbocycles. The van der Waals surface area contributed by atoms with Crippen molar-refractivity contribution in [1.29, 1.82) is 0 Å². The van der Waals surface area contributed by atoms with E-state index in [-0.39, 0.29) is 5.92 Å². The van der Waals surface area contributed by atoms with Crippen molar-refractivity contribution in [2.45, 2.75) is 19.3 Å². The zero-order valence-corrected chi connectivity index (χ0v) is 11.4. The van der Waals surface area contributed by atoms with Crippen molar-refractivity contribution < 1.29 is 8.78 Å². The van der Waals surface area contributed by atoms with Crippen LogP contribution in [0.1, 0.15) is 22.6 Å². The molecule has 0 bridgehead atoms. The molecular formula is C16H15ClF2. The fourth-order valence-corrected chi connectivity index (χ4v) is 2.52. The predicted octanol–water partition coefficient (Wildman–Crippen LogP) is 4.84. The van der Waals surface area contributed by atoms with E-state index in [1.54, 1.807) is 6.07 Å². The Bertz CT molecular complexity index is 566. The van der Waals surface area contributed by atoms with Crippen LogP contribution in [0.4, 0.5) is 8.78 Å². The van der Waals surface area contributed by atoms with Crippen molar-refractivity contribution in [3.8, 4) is 0 Å². The highest BCUT2D eigenvalue weighted by atomic mass is 35.5. The third-order valence-corrected chi connectivity index (χ3v) is 3.65. The molecule has 0 aliphatic rings. The quantitative estimate of drug-likeness (QED) is 0.703. The molecule has 0 radical (unpaired) electrons. The minimum absolute atomic E-state index is 0.104. The third kappa shape index (κ3) is 3.32. The summed E-state index contributed by atoms with van der Waals surface area (Å²) in [5, 5.41) is 0. The van der Waals surface area contributed by atoms with E-state index < -0.39 is 11.6 Å². The summed E-state index contributed by atoms with van der Waals surface area (Å²) in [7, 11) is 0. The Balaban J connectivity index is 2.24. The van der Waals surface area contributed by atoms with Crippen LogP contribution in [-0.2, 0) is 6.42 Å². The van der Waals surface area contributed by atoms with E-state index in [2.05, 4.69) is 0 Å². The second kappa shape index (κ2) is 6.16. The maximum atomic E-state index is 13.2. The van der Waals surface area contributed by atoms with Gasteiger partial charge >= 0.3 is 0 Å². The molecule has 0 saturated heterocycles. The van der Waals surface area contributed by atoms with E-state index in [0.29, 0.717) is 12.3 Å². The van der Waals surface area contributed by atoms with Crippen LogP contribution >= 0.6 is 11.6 Å². The highest BCUT2D eigenvalue weighted by Crippen LogP contribution is 2.25. The fourth-order valence-electron chi connectivity index (χ4n) is 2.24. The van der Waals surface area contributed by atoms with Crippen LogP contribution in [0.15, 0.2) is 42.5 Å². The number of halogens is 3. The second-order valence-electron chi connectivity index (χ2n) is 4.66. The van der Waals surface area contributed by atoms with Gasteiger partial charge in [0, 0.05) is 11.8 Å². The third-order valence-electron chi connectivity index (χ3n) is 3.28. The lowest BCUT2D eigenvalue weighted by Crippen LogP contribution is -2.07. The zero-order chi connectivity index (χ0) is 13.8. The molecule has 19 heavy (non-hydrogen) atoms. The van der Waals surface area contributed by atoms with Gasteiger partial charge in [0.25, 0.3) is 0 Å². The summed E-state index contributed by atoms with van der Waals surface area (Å²) in [6.45, 7) is 2.03. The molecule has 0 fully saturated rings. The van der Waals surface area contributed by atoms with Gasteiger partial charge in [0.05, 0.1) is 0 Å². The van der Waals surface area contributed by atoms with Crippen molar-refractivity contribution in [1.82, 2.24) is 0 Å². The SMILES string of the molecule is Cc1ccccc1C(CCl)Cc1ccc(F)c(F)c1. The molecule has 0 nitrogen and oxygen atoms in total. The average Bonchev–Trinajstić information content (AvgIpc) is 2.41. The lowest BCUT2D eigenvalue weighted by Gasteiger charge is -2.17. The molecule has 0 saturated carbocycles. The van der Waals surface area contributed by atoms with Crippen LogP contribution in [0.5, 0.6) is 0 Å². The first kappa shape index (κ1) is 14.0. The highest BCUT2D eigenvalue weighted by Gasteiger charge is 2.14. The lowest BCUT2D eigenvalue weighted by molar-refractivity contribution is 0.506. The van der Waals surface area contributed by atoms with Crippen LogP contribution in [0.3, 0.4) is 0 Å². The Kier molecular flexibility index (Phi) is 4.54. The Morgan fingerprint density at radius 3 is 2.42 bits per heavy atom. The maximum absolute atomic E-state index is 13.2. The van der Waals surface area contributed by atoms with Crippen molar-refractivity contribution in [3.63, 3.8) is 0 Å². The summed E-state index contributed by atoms with van der Waals surface area (Å²) >= 11 is 6.03. The van der Waals surface area contributed by atoms with Gasteiger partial charge in [0.15, 0.2) is 11.6 Å². The van der Waals surface area contributed by atoms with Gasteiger partial charge in [-0.15, -0.1) is 11.6 Å². The molecule has 2 aromatic carbocycles. The van der Waals surface area contributed by atoms with Gasteiger partial charge in [0.2, 0.25) is 0 Å². The fraction of sp³-hybridized carbons (Fsp3) is 0.250. The Labute approximate surface area is 117 Å². The first-order valence-corrected chi connectivity index (χ1v) is 6.70. The van der Waals surface area contributed by atoms with Crippen molar-refractivity contribution >= 4 is 11.6 Å². The van der Waals surface area contributed by atoms with E-state index in [1.807, 2.05) is 31.2 Å². The topological polar surface area (TPSA) is 0 Å². The molecule has 2 aromatic rings. The van der Waals surface area contributed by atoms with Gasteiger partial charge in [-0.1, -0.05) is 30.3 Å². The summed E-state index contributed by atoms with van der Waals surface area (Å²) in [5.41, 5.74) is 3.07. The molecule has 0 amide bonds. The van der Waals surface area contributed by atoms with Crippen LogP contribution in [0.2, 0.25) is 0 Å². The molecular weight excluding hydrogens is 266 g/mol. The van der Waals surface area contributed by atoms with Gasteiger partial charge in [-0.2, -0.15) is 0 Å². The number of aryl methyl sites for hydroxylation is 1. The van der Waals surface area contributed by atoms with E-state index in [4.69, 9.17) is 11.6 Å². The Morgan fingerprint density at radius 2 is 1.79 bits per heavy atom. The number of hydrogen-bond donors (Lipinski definition) is 0. The van der Waals surface area contributed by atoms with Crippen molar-refractivity contribution in [3.05, 3.63) is 70.8 Å². The molecule has 2 rings (SSSR count). The largest absolute Gasteiger partial charge is 0.204 e. The molecule has 1 unspecified atom stereocenters. The Hall–Kier alpha value is -1.41. The van der Waals surface area contributed by atoms with Crippen LogP contribution in [0, 0.1) is 18.6 Å². The minimum Gasteiger partial charge on any atom is -0.204 e. The lowest BCUT2D eigenvalue weighted by atomic mass is 9.90.